The summed E-state index contributed by atoms with van der Waals surface area (Å²) in [5.41, 5.74) is 1.02. The van der Waals surface area contributed by atoms with Gasteiger partial charge in [0.05, 0.1) is 18.8 Å². The van der Waals surface area contributed by atoms with Crippen molar-refractivity contribution in [3.8, 4) is 5.75 Å². The Morgan fingerprint density at radius 1 is 1.47 bits per heavy atom. The molecule has 1 atom stereocenters. The van der Waals surface area contributed by atoms with Gasteiger partial charge in [-0.15, -0.1) is 0 Å². The Kier molecular flexibility index (Phi) is 5.12. The summed E-state index contributed by atoms with van der Waals surface area (Å²) in [6, 6.07) is 4.16. The lowest BCUT2D eigenvalue weighted by Gasteiger charge is -2.18. The Labute approximate surface area is 91.9 Å². The molecule has 1 rings (SSSR count). The van der Waals surface area contributed by atoms with Gasteiger partial charge in [-0.25, -0.2) is 0 Å². The molecule has 1 N–H and O–H groups in total. The maximum atomic E-state index is 5.32. The predicted molar refractivity (Wildman–Crippen MR) is 62.1 cm³/mol. The molecule has 84 valence electrons. The van der Waals surface area contributed by atoms with Gasteiger partial charge in [0.25, 0.3) is 0 Å². The zero-order valence-electron chi connectivity index (χ0n) is 9.79. The maximum Gasteiger partial charge on any atom is 0.141 e. The summed E-state index contributed by atoms with van der Waals surface area (Å²) < 4.78 is 5.32. The average molecular weight is 208 g/mol. The van der Waals surface area contributed by atoms with E-state index in [-0.39, 0.29) is 0 Å². The van der Waals surface area contributed by atoms with Crippen molar-refractivity contribution in [3.05, 3.63) is 24.0 Å². The van der Waals surface area contributed by atoms with Gasteiger partial charge in [-0.05, 0) is 25.1 Å². The third kappa shape index (κ3) is 3.20. The van der Waals surface area contributed by atoms with Crippen molar-refractivity contribution in [1.82, 2.24) is 10.3 Å². The van der Waals surface area contributed by atoms with Crippen molar-refractivity contribution >= 4 is 0 Å². The highest BCUT2D eigenvalue weighted by Gasteiger charge is 2.14. The highest BCUT2D eigenvalue weighted by atomic mass is 16.5. The topological polar surface area (TPSA) is 34.2 Å². The van der Waals surface area contributed by atoms with E-state index in [0.717, 1.165) is 30.8 Å². The highest BCUT2D eigenvalue weighted by molar-refractivity contribution is 5.29. The second kappa shape index (κ2) is 6.40. The monoisotopic (exact) mass is 208 g/mol. The van der Waals surface area contributed by atoms with Crippen LogP contribution < -0.4 is 10.1 Å². The van der Waals surface area contributed by atoms with Crippen LogP contribution in [0.2, 0.25) is 0 Å². The van der Waals surface area contributed by atoms with Crippen molar-refractivity contribution in [2.75, 3.05) is 13.7 Å². The summed E-state index contributed by atoms with van der Waals surface area (Å²) in [6.45, 7) is 5.24. The zero-order valence-corrected chi connectivity index (χ0v) is 9.79. The Bertz CT molecular complexity index is 283. The molecular formula is C12H20N2O. The number of nitrogens with one attached hydrogen (secondary N) is 1. The first-order chi connectivity index (χ1) is 7.33. The fourth-order valence-electron chi connectivity index (χ4n) is 1.71. The van der Waals surface area contributed by atoms with Crippen LogP contribution in [0.5, 0.6) is 5.75 Å². The summed E-state index contributed by atoms with van der Waals surface area (Å²) in [5.74, 6) is 0.872. The zero-order chi connectivity index (χ0) is 11.1. The van der Waals surface area contributed by atoms with Gasteiger partial charge in [0.15, 0.2) is 0 Å². The summed E-state index contributed by atoms with van der Waals surface area (Å²) >= 11 is 0. The molecule has 0 bridgehead atoms. The summed E-state index contributed by atoms with van der Waals surface area (Å²) in [4.78, 5) is 4.40. The number of nitrogens with zero attached hydrogens (tertiary/aromatic N) is 1. The minimum atomic E-state index is 0.302. The molecule has 1 heterocycles. The van der Waals surface area contributed by atoms with E-state index in [1.165, 1.54) is 0 Å². The molecule has 0 aliphatic rings. The first-order valence-electron chi connectivity index (χ1n) is 5.55. The van der Waals surface area contributed by atoms with Gasteiger partial charge < -0.3 is 10.1 Å². The Balaban J connectivity index is 2.88. The maximum absolute atomic E-state index is 5.32. The van der Waals surface area contributed by atoms with Gasteiger partial charge in [-0.3, -0.25) is 4.98 Å². The molecule has 3 nitrogen and oxygen atoms in total. The minimum Gasteiger partial charge on any atom is -0.495 e. The number of methoxy groups -OCH3 is 1. The fourth-order valence-corrected chi connectivity index (χ4v) is 1.71. The SMILES string of the molecule is CCCC(NCC)c1ncccc1OC. The van der Waals surface area contributed by atoms with Crippen LogP contribution in [0.1, 0.15) is 38.4 Å². The first-order valence-corrected chi connectivity index (χ1v) is 5.55. The lowest BCUT2D eigenvalue weighted by molar-refractivity contribution is 0.390. The Morgan fingerprint density at radius 3 is 2.87 bits per heavy atom. The van der Waals surface area contributed by atoms with E-state index in [1.54, 1.807) is 7.11 Å². The van der Waals surface area contributed by atoms with Crippen molar-refractivity contribution in [1.29, 1.82) is 0 Å². The van der Waals surface area contributed by atoms with E-state index in [0.29, 0.717) is 6.04 Å². The highest BCUT2D eigenvalue weighted by Crippen LogP contribution is 2.25. The number of hydrogen-bond acceptors (Lipinski definition) is 3. The average Bonchev–Trinajstić information content (AvgIpc) is 2.29. The number of pyridine rings is 1. The van der Waals surface area contributed by atoms with Crippen LogP contribution >= 0.6 is 0 Å². The van der Waals surface area contributed by atoms with Crippen molar-refractivity contribution in [2.24, 2.45) is 0 Å². The van der Waals surface area contributed by atoms with E-state index in [1.807, 2.05) is 18.3 Å². The summed E-state index contributed by atoms with van der Waals surface area (Å²) in [6.07, 6.45) is 4.04. The van der Waals surface area contributed by atoms with Crippen LogP contribution in [0, 0.1) is 0 Å². The molecule has 15 heavy (non-hydrogen) atoms. The summed E-state index contributed by atoms with van der Waals surface area (Å²) in [7, 11) is 1.69. The van der Waals surface area contributed by atoms with E-state index >= 15 is 0 Å². The van der Waals surface area contributed by atoms with Crippen LogP contribution in [0.25, 0.3) is 0 Å². The molecule has 0 saturated carbocycles. The van der Waals surface area contributed by atoms with Gasteiger partial charge in [0.1, 0.15) is 5.75 Å². The van der Waals surface area contributed by atoms with E-state index in [9.17, 15) is 0 Å². The van der Waals surface area contributed by atoms with Gasteiger partial charge in [0, 0.05) is 6.20 Å². The van der Waals surface area contributed by atoms with Crippen LogP contribution in [0.15, 0.2) is 18.3 Å². The van der Waals surface area contributed by atoms with Gasteiger partial charge in [0.2, 0.25) is 0 Å². The van der Waals surface area contributed by atoms with E-state index in [4.69, 9.17) is 4.74 Å². The van der Waals surface area contributed by atoms with Gasteiger partial charge >= 0.3 is 0 Å². The number of aromatic nitrogens is 1. The van der Waals surface area contributed by atoms with E-state index < -0.39 is 0 Å². The lowest BCUT2D eigenvalue weighted by atomic mass is 10.1. The smallest absolute Gasteiger partial charge is 0.141 e. The normalized spacial score (nSPS) is 12.5. The quantitative estimate of drug-likeness (QED) is 0.780. The molecule has 3 heteroatoms. The fraction of sp³-hybridized carbons (Fsp3) is 0.583. The van der Waals surface area contributed by atoms with Crippen molar-refractivity contribution < 1.29 is 4.74 Å². The minimum absolute atomic E-state index is 0.302. The molecular weight excluding hydrogens is 188 g/mol. The lowest BCUT2D eigenvalue weighted by Crippen LogP contribution is -2.22. The first kappa shape index (κ1) is 12.0. The molecule has 0 aliphatic heterocycles. The second-order valence-corrected chi connectivity index (χ2v) is 3.49. The van der Waals surface area contributed by atoms with Gasteiger partial charge in [-0.1, -0.05) is 20.3 Å². The molecule has 1 aromatic rings. The molecule has 0 saturated heterocycles. The van der Waals surface area contributed by atoms with Crippen LogP contribution in [0.4, 0.5) is 0 Å². The Morgan fingerprint density at radius 2 is 2.27 bits per heavy atom. The Hall–Kier alpha value is -1.09. The molecule has 0 spiro atoms. The molecule has 0 aromatic carbocycles. The van der Waals surface area contributed by atoms with Crippen LogP contribution in [-0.4, -0.2) is 18.6 Å². The molecule has 0 aliphatic carbocycles. The van der Waals surface area contributed by atoms with Crippen LogP contribution in [-0.2, 0) is 0 Å². The molecule has 1 aromatic heterocycles. The standard InChI is InChI=1S/C12H20N2O/c1-4-7-10(13-5-2)12-11(15-3)8-6-9-14-12/h6,8-10,13H,4-5,7H2,1-3H3. The van der Waals surface area contributed by atoms with Crippen molar-refractivity contribution in [2.45, 2.75) is 32.7 Å². The molecule has 0 radical (unpaired) electrons. The summed E-state index contributed by atoms with van der Waals surface area (Å²) in [5, 5.41) is 3.43. The van der Waals surface area contributed by atoms with Crippen LogP contribution in [0.3, 0.4) is 0 Å². The van der Waals surface area contributed by atoms with Gasteiger partial charge in [-0.2, -0.15) is 0 Å². The number of rotatable bonds is 6. The third-order valence-electron chi connectivity index (χ3n) is 2.38. The molecule has 0 amide bonds. The predicted octanol–water partition coefficient (Wildman–Crippen LogP) is 2.54. The number of hydrogen-bond donors (Lipinski definition) is 1. The van der Waals surface area contributed by atoms with Crippen molar-refractivity contribution in [3.63, 3.8) is 0 Å². The molecule has 1 unspecified atom stereocenters. The third-order valence-corrected chi connectivity index (χ3v) is 2.38. The van der Waals surface area contributed by atoms with E-state index in [2.05, 4.69) is 24.1 Å². The molecule has 0 fully saturated rings. The number of ether oxygens (including phenoxy) is 1. The largest absolute Gasteiger partial charge is 0.495 e. The second-order valence-electron chi connectivity index (χ2n) is 3.49.